The number of halogens is 1. The predicted molar refractivity (Wildman–Crippen MR) is 101 cm³/mol. The van der Waals surface area contributed by atoms with Crippen LogP contribution in [0.3, 0.4) is 0 Å². The number of fused-ring (bicyclic) bond motifs is 1. The third-order valence-corrected chi connectivity index (χ3v) is 5.12. The molecule has 0 aliphatic heterocycles. The Hall–Kier alpha value is -1.81. The van der Waals surface area contributed by atoms with Gasteiger partial charge in [0.1, 0.15) is 0 Å². The smallest absolute Gasteiger partial charge is 0.315 e. The lowest BCUT2D eigenvalue weighted by Gasteiger charge is -2.20. The molecule has 4 heteroatoms. The van der Waals surface area contributed by atoms with Gasteiger partial charge in [0, 0.05) is 11.0 Å². The van der Waals surface area contributed by atoms with Crippen LogP contribution in [-0.4, -0.2) is 6.03 Å². The van der Waals surface area contributed by atoms with Gasteiger partial charge in [-0.25, -0.2) is 4.79 Å². The fourth-order valence-electron chi connectivity index (χ4n) is 3.14. The van der Waals surface area contributed by atoms with Crippen LogP contribution in [0.25, 0.3) is 0 Å². The summed E-state index contributed by atoms with van der Waals surface area (Å²) in [5.74, 6) is 0. The zero-order valence-electron chi connectivity index (χ0n) is 13.9. The molecule has 1 atom stereocenters. The van der Waals surface area contributed by atoms with E-state index in [1.54, 1.807) is 0 Å². The maximum Gasteiger partial charge on any atom is 0.315 e. The molecular formula is C20H23BrN2O. The van der Waals surface area contributed by atoms with Crippen molar-refractivity contribution in [2.45, 2.75) is 45.2 Å². The molecule has 2 N–H and O–H groups in total. The number of urea groups is 1. The average molecular weight is 387 g/mol. The van der Waals surface area contributed by atoms with Crippen LogP contribution in [0, 0.1) is 0 Å². The van der Waals surface area contributed by atoms with Crippen molar-refractivity contribution in [3.63, 3.8) is 0 Å². The largest absolute Gasteiger partial charge is 0.334 e. The molecule has 0 saturated heterocycles. The van der Waals surface area contributed by atoms with E-state index >= 15 is 0 Å². The molecule has 0 aromatic heterocycles. The van der Waals surface area contributed by atoms with Crippen molar-refractivity contribution in [2.75, 3.05) is 0 Å². The molecule has 0 fully saturated rings. The summed E-state index contributed by atoms with van der Waals surface area (Å²) >= 11 is 3.41. The van der Waals surface area contributed by atoms with Crippen LogP contribution in [0.15, 0.2) is 46.9 Å². The molecule has 3 nitrogen and oxygen atoms in total. The summed E-state index contributed by atoms with van der Waals surface area (Å²) in [5.41, 5.74) is 5.17. The van der Waals surface area contributed by atoms with Crippen LogP contribution in [0.4, 0.5) is 4.79 Å². The van der Waals surface area contributed by atoms with E-state index < -0.39 is 0 Å². The van der Waals surface area contributed by atoms with Gasteiger partial charge in [-0.2, -0.15) is 0 Å². The van der Waals surface area contributed by atoms with Gasteiger partial charge < -0.3 is 10.6 Å². The molecule has 1 unspecified atom stereocenters. The number of carbonyl (C=O) groups is 1. The van der Waals surface area contributed by atoms with Crippen LogP contribution in [0.1, 0.15) is 48.1 Å². The van der Waals surface area contributed by atoms with Crippen molar-refractivity contribution >= 4 is 22.0 Å². The first-order valence-corrected chi connectivity index (χ1v) is 9.31. The number of hydrogen-bond acceptors (Lipinski definition) is 1. The molecule has 1 aliphatic carbocycles. The van der Waals surface area contributed by atoms with Crippen molar-refractivity contribution < 1.29 is 4.79 Å². The van der Waals surface area contributed by atoms with Crippen molar-refractivity contribution in [1.29, 1.82) is 0 Å². The Balaban J connectivity index is 1.55. The quantitative estimate of drug-likeness (QED) is 0.771. The molecular weight excluding hydrogens is 364 g/mol. The van der Waals surface area contributed by atoms with Gasteiger partial charge in [0.2, 0.25) is 0 Å². The molecule has 0 spiro atoms. The number of hydrogen-bond donors (Lipinski definition) is 2. The highest BCUT2D eigenvalue weighted by Crippen LogP contribution is 2.24. The highest BCUT2D eigenvalue weighted by Gasteiger charge is 2.14. The third-order valence-electron chi connectivity index (χ3n) is 4.59. The summed E-state index contributed by atoms with van der Waals surface area (Å²) < 4.78 is 1.04. The Bertz CT molecular complexity index is 712. The first kappa shape index (κ1) is 17.0. The van der Waals surface area contributed by atoms with Crippen molar-refractivity contribution in [1.82, 2.24) is 10.6 Å². The van der Waals surface area contributed by atoms with E-state index in [2.05, 4.69) is 44.8 Å². The van der Waals surface area contributed by atoms with E-state index in [1.807, 2.05) is 31.2 Å². The predicted octanol–water partition coefficient (Wildman–Crippen LogP) is 4.89. The minimum Gasteiger partial charge on any atom is -0.334 e. The molecule has 0 radical (unpaired) electrons. The maximum atomic E-state index is 12.1. The molecule has 24 heavy (non-hydrogen) atoms. The Morgan fingerprint density at radius 3 is 2.54 bits per heavy atom. The van der Waals surface area contributed by atoms with E-state index in [0.717, 1.165) is 16.5 Å². The van der Waals surface area contributed by atoms with E-state index in [0.29, 0.717) is 6.54 Å². The van der Waals surface area contributed by atoms with Gasteiger partial charge >= 0.3 is 6.03 Å². The normalized spacial score (nSPS) is 14.6. The Morgan fingerprint density at radius 2 is 1.79 bits per heavy atom. The number of rotatable bonds is 4. The first-order valence-electron chi connectivity index (χ1n) is 8.52. The molecule has 0 heterocycles. The highest BCUT2D eigenvalue weighted by molar-refractivity contribution is 9.10. The lowest BCUT2D eigenvalue weighted by Crippen LogP contribution is -2.36. The standard InChI is InChI=1S/C20H23BrN2O/c1-14(17-9-8-16-4-2-3-5-18(16)12-17)23-20(24)22-13-15-6-10-19(21)11-7-15/h6-12,14H,2-5,13H2,1H3,(H2,22,23,24). The lowest BCUT2D eigenvalue weighted by molar-refractivity contribution is 0.237. The summed E-state index contributed by atoms with van der Waals surface area (Å²) in [5, 5.41) is 5.94. The summed E-state index contributed by atoms with van der Waals surface area (Å²) in [6.45, 7) is 2.56. The van der Waals surface area contributed by atoms with E-state index in [9.17, 15) is 4.79 Å². The number of amides is 2. The number of benzene rings is 2. The van der Waals surface area contributed by atoms with Crippen LogP contribution in [0.2, 0.25) is 0 Å². The summed E-state index contributed by atoms with van der Waals surface area (Å²) in [6, 6.07) is 14.4. The minimum absolute atomic E-state index is 0.00199. The van der Waals surface area contributed by atoms with Gasteiger partial charge in [0.15, 0.2) is 0 Å². The lowest BCUT2D eigenvalue weighted by atomic mass is 9.89. The number of aryl methyl sites for hydroxylation is 2. The third kappa shape index (κ3) is 4.38. The van der Waals surface area contributed by atoms with Crippen molar-refractivity contribution in [2.24, 2.45) is 0 Å². The van der Waals surface area contributed by atoms with Crippen LogP contribution >= 0.6 is 15.9 Å². The van der Waals surface area contributed by atoms with Gasteiger partial charge in [-0.1, -0.05) is 46.3 Å². The average Bonchev–Trinajstić information content (AvgIpc) is 2.61. The van der Waals surface area contributed by atoms with Gasteiger partial charge in [-0.15, -0.1) is 0 Å². The fraction of sp³-hybridized carbons (Fsp3) is 0.350. The molecule has 0 bridgehead atoms. The summed E-state index contributed by atoms with van der Waals surface area (Å²) in [6.07, 6.45) is 4.90. The summed E-state index contributed by atoms with van der Waals surface area (Å²) in [4.78, 5) is 12.1. The minimum atomic E-state index is -0.136. The molecule has 1 aliphatic rings. The van der Waals surface area contributed by atoms with Crippen LogP contribution < -0.4 is 10.6 Å². The Kier molecular flexibility index (Phi) is 5.56. The number of nitrogens with one attached hydrogen (secondary N) is 2. The number of carbonyl (C=O) groups excluding carboxylic acids is 1. The molecule has 2 aromatic rings. The highest BCUT2D eigenvalue weighted by atomic mass is 79.9. The molecule has 0 saturated carbocycles. The first-order chi connectivity index (χ1) is 11.6. The Morgan fingerprint density at radius 1 is 1.08 bits per heavy atom. The monoisotopic (exact) mass is 386 g/mol. The second kappa shape index (κ2) is 7.84. The zero-order chi connectivity index (χ0) is 16.9. The fourth-order valence-corrected chi connectivity index (χ4v) is 3.40. The molecule has 3 rings (SSSR count). The molecule has 2 amide bonds. The van der Waals surface area contributed by atoms with Crippen molar-refractivity contribution in [3.05, 3.63) is 69.2 Å². The van der Waals surface area contributed by atoms with Gasteiger partial charge in [-0.3, -0.25) is 0 Å². The summed E-state index contributed by atoms with van der Waals surface area (Å²) in [7, 11) is 0. The Labute approximate surface area is 152 Å². The van der Waals surface area contributed by atoms with E-state index in [-0.39, 0.29) is 12.1 Å². The van der Waals surface area contributed by atoms with Gasteiger partial charge in [-0.05, 0) is 67.0 Å². The van der Waals surface area contributed by atoms with Gasteiger partial charge in [0.25, 0.3) is 0 Å². The maximum absolute atomic E-state index is 12.1. The van der Waals surface area contributed by atoms with Crippen LogP contribution in [-0.2, 0) is 19.4 Å². The SMILES string of the molecule is CC(NC(=O)NCc1ccc(Br)cc1)c1ccc2c(c1)CCCC2. The van der Waals surface area contributed by atoms with Crippen LogP contribution in [0.5, 0.6) is 0 Å². The van der Waals surface area contributed by atoms with E-state index in [4.69, 9.17) is 0 Å². The second-order valence-electron chi connectivity index (χ2n) is 6.41. The van der Waals surface area contributed by atoms with E-state index in [1.165, 1.54) is 36.0 Å². The van der Waals surface area contributed by atoms with Crippen molar-refractivity contribution in [3.8, 4) is 0 Å². The topological polar surface area (TPSA) is 41.1 Å². The van der Waals surface area contributed by atoms with Gasteiger partial charge in [0.05, 0.1) is 6.04 Å². The zero-order valence-corrected chi connectivity index (χ0v) is 15.5. The second-order valence-corrected chi connectivity index (χ2v) is 7.33. The molecule has 2 aromatic carbocycles. The molecule has 126 valence electrons.